The van der Waals surface area contributed by atoms with E-state index in [1.165, 1.54) is 18.9 Å². The lowest BCUT2D eigenvalue weighted by Gasteiger charge is -2.09. The molecule has 20 heavy (non-hydrogen) atoms. The second kappa shape index (κ2) is 5.71. The minimum absolute atomic E-state index is 0.498. The molecule has 0 saturated heterocycles. The van der Waals surface area contributed by atoms with E-state index in [-0.39, 0.29) is 0 Å². The third-order valence-corrected chi connectivity index (χ3v) is 3.55. The summed E-state index contributed by atoms with van der Waals surface area (Å²) in [5, 5.41) is 3.38. The molecule has 0 amide bonds. The number of nitrogens with one attached hydrogen (secondary N) is 1. The van der Waals surface area contributed by atoms with Crippen LogP contribution in [0.25, 0.3) is 0 Å². The van der Waals surface area contributed by atoms with Crippen molar-refractivity contribution >= 4 is 0 Å². The summed E-state index contributed by atoms with van der Waals surface area (Å²) in [6.07, 6.45) is 6.22. The van der Waals surface area contributed by atoms with Gasteiger partial charge < -0.3 is 9.88 Å². The van der Waals surface area contributed by atoms with Crippen LogP contribution in [-0.4, -0.2) is 16.1 Å². The molecule has 5 heteroatoms. The van der Waals surface area contributed by atoms with E-state index in [1.807, 2.05) is 10.8 Å². The Morgan fingerprint density at radius 2 is 2.10 bits per heavy atom. The fourth-order valence-corrected chi connectivity index (χ4v) is 2.20. The standard InChI is InChI=1S/C15H17F2N3/c16-13-4-3-12(7-14(13)17)10-20-6-5-19-15(20)9-18-8-11-1-2-11/h3-7,11,18H,1-2,8-10H2. The Morgan fingerprint density at radius 1 is 1.25 bits per heavy atom. The number of imidazole rings is 1. The molecular formula is C15H17F2N3. The Hall–Kier alpha value is -1.75. The third kappa shape index (κ3) is 3.22. The smallest absolute Gasteiger partial charge is 0.159 e. The molecule has 1 saturated carbocycles. The number of nitrogens with zero attached hydrogens (tertiary/aromatic N) is 2. The predicted octanol–water partition coefficient (Wildman–Crippen LogP) is 2.71. The molecule has 1 aromatic heterocycles. The molecule has 0 atom stereocenters. The molecule has 3 nitrogen and oxygen atoms in total. The molecule has 1 N–H and O–H groups in total. The quantitative estimate of drug-likeness (QED) is 0.880. The lowest BCUT2D eigenvalue weighted by atomic mass is 10.2. The van der Waals surface area contributed by atoms with E-state index in [2.05, 4.69) is 10.3 Å². The van der Waals surface area contributed by atoms with Crippen LogP contribution in [0.2, 0.25) is 0 Å². The highest BCUT2D eigenvalue weighted by molar-refractivity contribution is 5.18. The van der Waals surface area contributed by atoms with Crippen molar-refractivity contribution in [1.82, 2.24) is 14.9 Å². The summed E-state index contributed by atoms with van der Waals surface area (Å²) in [4.78, 5) is 4.30. The van der Waals surface area contributed by atoms with Crippen molar-refractivity contribution in [2.75, 3.05) is 6.54 Å². The van der Waals surface area contributed by atoms with Crippen LogP contribution in [0.15, 0.2) is 30.6 Å². The predicted molar refractivity (Wildman–Crippen MR) is 72.1 cm³/mol. The maximum Gasteiger partial charge on any atom is 0.159 e. The lowest BCUT2D eigenvalue weighted by molar-refractivity contribution is 0.506. The van der Waals surface area contributed by atoms with Gasteiger partial charge in [0.15, 0.2) is 11.6 Å². The van der Waals surface area contributed by atoms with E-state index >= 15 is 0 Å². The van der Waals surface area contributed by atoms with Gasteiger partial charge in [0.2, 0.25) is 0 Å². The first-order valence-electron chi connectivity index (χ1n) is 6.87. The van der Waals surface area contributed by atoms with Gasteiger partial charge >= 0.3 is 0 Å². The lowest BCUT2D eigenvalue weighted by Crippen LogP contribution is -2.19. The van der Waals surface area contributed by atoms with E-state index in [9.17, 15) is 8.78 Å². The normalized spacial score (nSPS) is 14.7. The zero-order valence-corrected chi connectivity index (χ0v) is 11.1. The van der Waals surface area contributed by atoms with Gasteiger partial charge in [0.1, 0.15) is 5.82 Å². The van der Waals surface area contributed by atoms with Crippen LogP contribution in [-0.2, 0) is 13.1 Å². The second-order valence-corrected chi connectivity index (χ2v) is 5.29. The molecule has 1 heterocycles. The number of hydrogen-bond donors (Lipinski definition) is 1. The van der Waals surface area contributed by atoms with E-state index < -0.39 is 11.6 Å². The summed E-state index contributed by atoms with van der Waals surface area (Å²) in [6, 6.07) is 3.99. The van der Waals surface area contributed by atoms with Crippen LogP contribution in [0.3, 0.4) is 0 Å². The third-order valence-electron chi connectivity index (χ3n) is 3.55. The summed E-state index contributed by atoms with van der Waals surface area (Å²) < 4.78 is 28.0. The van der Waals surface area contributed by atoms with Gasteiger partial charge in [0.05, 0.1) is 6.54 Å². The van der Waals surface area contributed by atoms with Gasteiger partial charge in [0.25, 0.3) is 0 Å². The van der Waals surface area contributed by atoms with Gasteiger partial charge in [-0.2, -0.15) is 0 Å². The molecule has 1 aliphatic rings. The highest BCUT2D eigenvalue weighted by atomic mass is 19.2. The molecule has 2 aromatic rings. The van der Waals surface area contributed by atoms with Crippen molar-refractivity contribution in [2.24, 2.45) is 5.92 Å². The molecule has 0 radical (unpaired) electrons. The summed E-state index contributed by atoms with van der Waals surface area (Å²) in [5.41, 5.74) is 0.727. The fourth-order valence-electron chi connectivity index (χ4n) is 2.20. The minimum atomic E-state index is -0.814. The second-order valence-electron chi connectivity index (χ2n) is 5.29. The van der Waals surface area contributed by atoms with Gasteiger partial charge in [-0.3, -0.25) is 0 Å². The highest BCUT2D eigenvalue weighted by Crippen LogP contribution is 2.27. The van der Waals surface area contributed by atoms with Crippen LogP contribution >= 0.6 is 0 Å². The highest BCUT2D eigenvalue weighted by Gasteiger charge is 2.20. The maximum atomic E-state index is 13.2. The number of aromatic nitrogens is 2. The van der Waals surface area contributed by atoms with Crippen molar-refractivity contribution in [3.63, 3.8) is 0 Å². The van der Waals surface area contributed by atoms with Gasteiger partial charge in [-0.25, -0.2) is 13.8 Å². The summed E-state index contributed by atoms with van der Waals surface area (Å²) >= 11 is 0. The molecule has 106 valence electrons. The van der Waals surface area contributed by atoms with Crippen molar-refractivity contribution in [1.29, 1.82) is 0 Å². The molecule has 0 spiro atoms. The van der Waals surface area contributed by atoms with Crippen LogP contribution < -0.4 is 5.32 Å². The van der Waals surface area contributed by atoms with Crippen LogP contribution in [0.5, 0.6) is 0 Å². The first-order chi connectivity index (χ1) is 9.72. The number of benzene rings is 1. The van der Waals surface area contributed by atoms with Crippen LogP contribution in [0.1, 0.15) is 24.2 Å². The van der Waals surface area contributed by atoms with Crippen LogP contribution in [0, 0.1) is 17.6 Å². The number of halogens is 2. The molecule has 1 aliphatic carbocycles. The average Bonchev–Trinajstić information content (AvgIpc) is 3.15. The van der Waals surface area contributed by atoms with E-state index in [1.54, 1.807) is 12.3 Å². The monoisotopic (exact) mass is 277 g/mol. The van der Waals surface area contributed by atoms with Crippen LogP contribution in [0.4, 0.5) is 8.78 Å². The Balaban J connectivity index is 1.63. The van der Waals surface area contributed by atoms with Gasteiger partial charge in [-0.1, -0.05) is 6.07 Å². The molecule has 0 aliphatic heterocycles. The topological polar surface area (TPSA) is 29.9 Å². The number of rotatable bonds is 6. The molecule has 1 aromatic carbocycles. The fraction of sp³-hybridized carbons (Fsp3) is 0.400. The minimum Gasteiger partial charge on any atom is -0.329 e. The first kappa shape index (κ1) is 13.2. The summed E-state index contributed by atoms with van der Waals surface area (Å²) in [6.45, 7) is 2.23. The van der Waals surface area contributed by atoms with Gasteiger partial charge in [-0.05, 0) is 43.0 Å². The molecule has 0 bridgehead atoms. The maximum absolute atomic E-state index is 13.2. The zero-order chi connectivity index (χ0) is 13.9. The Morgan fingerprint density at radius 3 is 2.85 bits per heavy atom. The summed E-state index contributed by atoms with van der Waals surface area (Å²) in [5.74, 6) is 0.113. The number of hydrogen-bond acceptors (Lipinski definition) is 2. The molecule has 3 rings (SSSR count). The molecule has 1 fully saturated rings. The largest absolute Gasteiger partial charge is 0.329 e. The molecule has 0 unspecified atom stereocenters. The van der Waals surface area contributed by atoms with Crippen molar-refractivity contribution in [3.05, 3.63) is 53.6 Å². The van der Waals surface area contributed by atoms with E-state index in [4.69, 9.17) is 0 Å². The van der Waals surface area contributed by atoms with Gasteiger partial charge in [0, 0.05) is 18.9 Å². The molecular weight excluding hydrogens is 260 g/mol. The zero-order valence-electron chi connectivity index (χ0n) is 11.1. The Kier molecular flexibility index (Phi) is 3.78. The first-order valence-corrected chi connectivity index (χ1v) is 6.87. The van der Waals surface area contributed by atoms with Crippen molar-refractivity contribution in [2.45, 2.75) is 25.9 Å². The average molecular weight is 277 g/mol. The van der Waals surface area contributed by atoms with Crippen molar-refractivity contribution < 1.29 is 8.78 Å². The Bertz CT molecular complexity index is 591. The van der Waals surface area contributed by atoms with Gasteiger partial charge in [-0.15, -0.1) is 0 Å². The van der Waals surface area contributed by atoms with E-state index in [0.717, 1.165) is 29.9 Å². The van der Waals surface area contributed by atoms with E-state index in [0.29, 0.717) is 13.1 Å². The SMILES string of the molecule is Fc1ccc(Cn2ccnc2CNCC2CC2)cc1F. The Labute approximate surface area is 116 Å². The van der Waals surface area contributed by atoms with Crippen molar-refractivity contribution in [3.8, 4) is 0 Å². The summed E-state index contributed by atoms with van der Waals surface area (Å²) in [7, 11) is 0.